The fourth-order valence-corrected chi connectivity index (χ4v) is 4.53. The predicted octanol–water partition coefficient (Wildman–Crippen LogP) is 2.88. The van der Waals surface area contributed by atoms with Crippen molar-refractivity contribution >= 4 is 50.8 Å². The summed E-state index contributed by atoms with van der Waals surface area (Å²) in [6.45, 7) is 3.25. The number of hydrogen-bond donors (Lipinski definition) is 2. The SMILES string of the molecule is Cc1sc2nc(SCC(=O)NCC(=O)Nc3ccc(F)c(F)c3F)n(C)c(=O)c2c1C. The number of hydrogen-bond acceptors (Lipinski definition) is 6. The van der Waals surface area contributed by atoms with Gasteiger partial charge in [-0.25, -0.2) is 18.2 Å². The molecule has 2 amide bonds. The van der Waals surface area contributed by atoms with E-state index >= 15 is 0 Å². The molecule has 0 fully saturated rings. The molecule has 2 N–H and O–H groups in total. The molecule has 2 heterocycles. The summed E-state index contributed by atoms with van der Waals surface area (Å²) in [6, 6.07) is 1.55. The van der Waals surface area contributed by atoms with Crippen molar-refractivity contribution in [2.45, 2.75) is 19.0 Å². The fourth-order valence-electron chi connectivity index (χ4n) is 2.66. The molecule has 0 bridgehead atoms. The van der Waals surface area contributed by atoms with Crippen molar-refractivity contribution in [1.29, 1.82) is 0 Å². The van der Waals surface area contributed by atoms with Crippen molar-refractivity contribution in [2.24, 2.45) is 7.05 Å². The molecule has 1 aromatic carbocycles. The standard InChI is InChI=1S/C19H17F3N4O3S2/c1-8-9(2)31-17-14(8)18(29)26(3)19(25-17)30-7-13(28)23-6-12(27)24-11-5-4-10(20)15(21)16(11)22/h4-5H,6-7H2,1-3H3,(H,23,28)(H,24,27). The van der Waals surface area contributed by atoms with Crippen molar-refractivity contribution in [3.63, 3.8) is 0 Å². The van der Waals surface area contributed by atoms with Gasteiger partial charge in [0.1, 0.15) is 4.83 Å². The molecule has 0 atom stereocenters. The number of thiophene rings is 1. The summed E-state index contributed by atoms with van der Waals surface area (Å²) in [7, 11) is 1.56. The van der Waals surface area contributed by atoms with Crippen LogP contribution in [-0.4, -0.2) is 33.7 Å². The van der Waals surface area contributed by atoms with Gasteiger partial charge in [-0.15, -0.1) is 11.3 Å². The highest BCUT2D eigenvalue weighted by atomic mass is 32.2. The van der Waals surface area contributed by atoms with Gasteiger partial charge in [0, 0.05) is 11.9 Å². The van der Waals surface area contributed by atoms with Crippen molar-refractivity contribution in [2.75, 3.05) is 17.6 Å². The van der Waals surface area contributed by atoms with E-state index in [2.05, 4.69) is 15.6 Å². The van der Waals surface area contributed by atoms with Crippen molar-refractivity contribution in [3.05, 3.63) is 50.4 Å². The van der Waals surface area contributed by atoms with Crippen LogP contribution < -0.4 is 16.2 Å². The quantitative estimate of drug-likeness (QED) is 0.328. The Morgan fingerprint density at radius 2 is 1.87 bits per heavy atom. The van der Waals surface area contributed by atoms with Gasteiger partial charge in [-0.3, -0.25) is 19.0 Å². The first-order valence-electron chi connectivity index (χ1n) is 8.89. The van der Waals surface area contributed by atoms with Crippen molar-refractivity contribution in [3.8, 4) is 0 Å². The summed E-state index contributed by atoms with van der Waals surface area (Å²) in [4.78, 5) is 42.5. The van der Waals surface area contributed by atoms with Crippen LogP contribution in [0.4, 0.5) is 18.9 Å². The van der Waals surface area contributed by atoms with Crippen LogP contribution in [0, 0.1) is 31.3 Å². The van der Waals surface area contributed by atoms with Gasteiger partial charge in [-0.2, -0.15) is 0 Å². The van der Waals surface area contributed by atoms with Crippen LogP contribution in [0.5, 0.6) is 0 Å². The Morgan fingerprint density at radius 1 is 1.16 bits per heavy atom. The molecule has 0 spiro atoms. The third kappa shape index (κ3) is 4.74. The molecule has 0 aliphatic heterocycles. The van der Waals surface area contributed by atoms with Gasteiger partial charge < -0.3 is 10.6 Å². The Bertz CT molecular complexity index is 1260. The normalized spacial score (nSPS) is 11.0. The number of nitrogens with zero attached hydrogens (tertiary/aromatic N) is 2. The van der Waals surface area contributed by atoms with Crippen LogP contribution in [0.15, 0.2) is 22.1 Å². The highest BCUT2D eigenvalue weighted by Crippen LogP contribution is 2.28. The second-order valence-corrected chi connectivity index (χ2v) is 8.70. The molecule has 0 unspecified atom stereocenters. The Morgan fingerprint density at radius 3 is 2.58 bits per heavy atom. The van der Waals surface area contributed by atoms with E-state index in [1.54, 1.807) is 7.05 Å². The minimum Gasteiger partial charge on any atom is -0.346 e. The van der Waals surface area contributed by atoms with Crippen LogP contribution in [0.25, 0.3) is 10.2 Å². The zero-order chi connectivity index (χ0) is 22.9. The smallest absolute Gasteiger partial charge is 0.262 e. The summed E-state index contributed by atoms with van der Waals surface area (Å²) < 4.78 is 41.1. The monoisotopic (exact) mass is 470 g/mol. The number of halogens is 3. The first-order valence-corrected chi connectivity index (χ1v) is 10.7. The molecule has 12 heteroatoms. The van der Waals surface area contributed by atoms with Gasteiger partial charge in [0.15, 0.2) is 22.6 Å². The highest BCUT2D eigenvalue weighted by Gasteiger charge is 2.17. The maximum absolute atomic E-state index is 13.6. The lowest BCUT2D eigenvalue weighted by molar-refractivity contribution is -0.122. The van der Waals surface area contributed by atoms with Crippen molar-refractivity contribution < 1.29 is 22.8 Å². The van der Waals surface area contributed by atoms with E-state index in [4.69, 9.17) is 0 Å². The third-order valence-electron chi connectivity index (χ3n) is 4.46. The average molecular weight is 470 g/mol. The van der Waals surface area contributed by atoms with Crippen molar-refractivity contribution in [1.82, 2.24) is 14.9 Å². The summed E-state index contributed by atoms with van der Waals surface area (Å²) in [6.07, 6.45) is 0. The molecule has 7 nitrogen and oxygen atoms in total. The zero-order valence-electron chi connectivity index (χ0n) is 16.6. The molecular weight excluding hydrogens is 453 g/mol. The lowest BCUT2D eigenvalue weighted by atomic mass is 10.2. The van der Waals surface area contributed by atoms with E-state index in [1.807, 2.05) is 13.8 Å². The molecule has 0 aliphatic rings. The Kier molecular flexibility index (Phi) is 6.70. The first kappa shape index (κ1) is 22.8. The second kappa shape index (κ2) is 9.10. The maximum atomic E-state index is 13.6. The van der Waals surface area contributed by atoms with E-state index in [9.17, 15) is 27.6 Å². The number of benzene rings is 1. The van der Waals surface area contributed by atoms with Crippen LogP contribution in [0.2, 0.25) is 0 Å². The number of aromatic nitrogens is 2. The number of amides is 2. The molecule has 2 aromatic heterocycles. The number of carbonyl (C=O) groups excluding carboxylic acids is 2. The maximum Gasteiger partial charge on any atom is 0.262 e. The largest absolute Gasteiger partial charge is 0.346 e. The number of fused-ring (bicyclic) bond motifs is 1. The summed E-state index contributed by atoms with van der Waals surface area (Å²) in [5.41, 5.74) is 0.134. The Balaban J connectivity index is 1.58. The van der Waals surface area contributed by atoms with Crippen LogP contribution in [-0.2, 0) is 16.6 Å². The Labute approximate surface area is 182 Å². The minimum absolute atomic E-state index is 0.123. The molecule has 31 heavy (non-hydrogen) atoms. The van der Waals surface area contributed by atoms with E-state index in [0.29, 0.717) is 21.4 Å². The average Bonchev–Trinajstić information content (AvgIpc) is 3.02. The summed E-state index contributed by atoms with van der Waals surface area (Å²) in [5, 5.41) is 5.29. The topological polar surface area (TPSA) is 93.1 Å². The van der Waals surface area contributed by atoms with Gasteiger partial charge >= 0.3 is 0 Å². The molecule has 164 valence electrons. The lowest BCUT2D eigenvalue weighted by Gasteiger charge is -2.09. The minimum atomic E-state index is -1.70. The van der Waals surface area contributed by atoms with Gasteiger partial charge in [0.2, 0.25) is 11.8 Å². The number of aryl methyl sites for hydroxylation is 2. The Hall–Kier alpha value is -2.86. The molecule has 0 radical (unpaired) electrons. The van der Waals surface area contributed by atoms with Gasteiger partial charge in [-0.05, 0) is 31.5 Å². The van der Waals surface area contributed by atoms with E-state index in [1.165, 1.54) is 15.9 Å². The third-order valence-corrected chi connectivity index (χ3v) is 6.59. The van der Waals surface area contributed by atoms with Gasteiger partial charge in [-0.1, -0.05) is 11.8 Å². The lowest BCUT2D eigenvalue weighted by Crippen LogP contribution is -2.34. The number of thioether (sulfide) groups is 1. The fraction of sp³-hybridized carbons (Fsp3) is 0.263. The van der Waals surface area contributed by atoms with Gasteiger partial charge in [0.25, 0.3) is 5.56 Å². The summed E-state index contributed by atoms with van der Waals surface area (Å²) in [5.74, 6) is -6.09. The van der Waals surface area contributed by atoms with Gasteiger partial charge in [0.05, 0.1) is 23.4 Å². The van der Waals surface area contributed by atoms with E-state index in [0.717, 1.165) is 28.3 Å². The number of rotatable bonds is 6. The number of carbonyl (C=O) groups is 2. The molecule has 0 aliphatic carbocycles. The van der Waals surface area contributed by atoms with E-state index in [-0.39, 0.29) is 11.3 Å². The number of anilines is 1. The summed E-state index contributed by atoms with van der Waals surface area (Å²) >= 11 is 2.42. The first-order chi connectivity index (χ1) is 14.6. The van der Waals surface area contributed by atoms with E-state index < -0.39 is 41.5 Å². The van der Waals surface area contributed by atoms with Crippen LogP contribution in [0.3, 0.4) is 0 Å². The predicted molar refractivity (Wildman–Crippen MR) is 113 cm³/mol. The molecule has 3 aromatic rings. The molecular formula is C19H17F3N4O3S2. The highest BCUT2D eigenvalue weighted by molar-refractivity contribution is 7.99. The molecule has 0 saturated carbocycles. The zero-order valence-corrected chi connectivity index (χ0v) is 18.3. The number of nitrogens with one attached hydrogen (secondary N) is 2. The molecule has 3 rings (SSSR count). The van der Waals surface area contributed by atoms with Crippen LogP contribution >= 0.6 is 23.1 Å². The second-order valence-electron chi connectivity index (χ2n) is 6.56. The van der Waals surface area contributed by atoms with Crippen LogP contribution in [0.1, 0.15) is 10.4 Å². The molecule has 0 saturated heterocycles.